The summed E-state index contributed by atoms with van der Waals surface area (Å²) in [6, 6.07) is 15.2. The Morgan fingerprint density at radius 2 is 1.85 bits per heavy atom. The van der Waals surface area contributed by atoms with Crippen molar-refractivity contribution >= 4 is 29.0 Å². The number of H-pyrrole nitrogens is 1. The van der Waals surface area contributed by atoms with Crippen LogP contribution < -0.4 is 0 Å². The number of pyridine rings is 1. The van der Waals surface area contributed by atoms with Crippen LogP contribution in [0.25, 0.3) is 34.3 Å². The Morgan fingerprint density at radius 1 is 1.04 bits per heavy atom. The lowest BCUT2D eigenvalue weighted by Gasteiger charge is -2.00. The fourth-order valence-corrected chi connectivity index (χ4v) is 2.78. The van der Waals surface area contributed by atoms with Gasteiger partial charge in [0.05, 0.1) is 22.5 Å². The Morgan fingerprint density at radius 3 is 2.56 bits per heavy atom. The van der Waals surface area contributed by atoms with Crippen molar-refractivity contribution in [3.05, 3.63) is 83.4 Å². The molecule has 6 heteroatoms. The van der Waals surface area contributed by atoms with E-state index in [9.17, 15) is 9.18 Å². The van der Waals surface area contributed by atoms with Gasteiger partial charge in [0, 0.05) is 17.1 Å². The quantitative estimate of drug-likeness (QED) is 0.557. The number of aromatic amines is 1. The molecule has 2 aromatic heterocycles. The van der Waals surface area contributed by atoms with Crippen LogP contribution in [-0.4, -0.2) is 26.3 Å². The van der Waals surface area contributed by atoms with Crippen LogP contribution in [0.5, 0.6) is 0 Å². The molecule has 0 amide bonds. The highest BCUT2D eigenvalue weighted by atomic mass is 19.1. The maximum Gasteiger partial charge on any atom is 0.337 e. The van der Waals surface area contributed by atoms with E-state index in [-0.39, 0.29) is 11.4 Å². The second kappa shape index (κ2) is 6.84. The van der Waals surface area contributed by atoms with Crippen LogP contribution in [-0.2, 0) is 0 Å². The molecular weight excluding hydrogens is 345 g/mol. The third-order valence-electron chi connectivity index (χ3n) is 4.18. The van der Waals surface area contributed by atoms with Gasteiger partial charge in [0.2, 0.25) is 0 Å². The minimum absolute atomic E-state index is 0.149. The first-order valence-electron chi connectivity index (χ1n) is 8.22. The third kappa shape index (κ3) is 3.46. The number of benzene rings is 2. The maximum absolute atomic E-state index is 13.2. The minimum atomic E-state index is -1.00. The SMILES string of the molecule is O=C(O)c1ccc(/C=C/c2ccc3[nH]nc(-c4ccc(F)cc4)c3c2)nc1. The molecule has 0 unspecified atom stereocenters. The van der Waals surface area contributed by atoms with Crippen LogP contribution in [0.2, 0.25) is 0 Å². The summed E-state index contributed by atoms with van der Waals surface area (Å²) in [5, 5.41) is 17.2. The van der Waals surface area contributed by atoms with Gasteiger partial charge in [-0.15, -0.1) is 0 Å². The molecule has 0 saturated heterocycles. The van der Waals surface area contributed by atoms with Crippen molar-refractivity contribution in [2.45, 2.75) is 0 Å². The van der Waals surface area contributed by atoms with E-state index < -0.39 is 5.97 Å². The van der Waals surface area contributed by atoms with Crippen molar-refractivity contribution in [1.82, 2.24) is 15.2 Å². The summed E-state index contributed by atoms with van der Waals surface area (Å²) in [5.74, 6) is -1.29. The van der Waals surface area contributed by atoms with Crippen LogP contribution in [0.1, 0.15) is 21.6 Å². The van der Waals surface area contributed by atoms with Crippen molar-refractivity contribution < 1.29 is 14.3 Å². The molecule has 2 heterocycles. The van der Waals surface area contributed by atoms with Gasteiger partial charge in [-0.2, -0.15) is 5.10 Å². The van der Waals surface area contributed by atoms with Gasteiger partial charge in [0.25, 0.3) is 0 Å². The number of hydrogen-bond donors (Lipinski definition) is 2. The van der Waals surface area contributed by atoms with Crippen LogP contribution >= 0.6 is 0 Å². The highest BCUT2D eigenvalue weighted by Crippen LogP contribution is 2.27. The van der Waals surface area contributed by atoms with Gasteiger partial charge in [-0.05, 0) is 60.2 Å². The van der Waals surface area contributed by atoms with Gasteiger partial charge in [-0.25, -0.2) is 9.18 Å². The number of halogens is 1. The highest BCUT2D eigenvalue weighted by Gasteiger charge is 2.08. The fourth-order valence-electron chi connectivity index (χ4n) is 2.78. The average Bonchev–Trinajstić information content (AvgIpc) is 3.10. The number of nitrogens with zero attached hydrogens (tertiary/aromatic N) is 2. The van der Waals surface area contributed by atoms with Gasteiger partial charge in [-0.3, -0.25) is 10.1 Å². The Kier molecular flexibility index (Phi) is 4.22. The summed E-state index contributed by atoms with van der Waals surface area (Å²) in [5.41, 5.74) is 4.22. The lowest BCUT2D eigenvalue weighted by Crippen LogP contribution is -1.96. The highest BCUT2D eigenvalue weighted by molar-refractivity contribution is 5.94. The number of carboxylic acid groups (broad SMARTS) is 1. The van der Waals surface area contributed by atoms with E-state index >= 15 is 0 Å². The minimum Gasteiger partial charge on any atom is -0.478 e. The summed E-state index contributed by atoms with van der Waals surface area (Å²) in [4.78, 5) is 15.0. The summed E-state index contributed by atoms with van der Waals surface area (Å²) < 4.78 is 13.2. The lowest BCUT2D eigenvalue weighted by molar-refractivity contribution is 0.0696. The molecule has 27 heavy (non-hydrogen) atoms. The molecule has 4 aromatic rings. The Hall–Kier alpha value is -3.80. The summed E-state index contributed by atoms with van der Waals surface area (Å²) in [7, 11) is 0. The number of nitrogens with one attached hydrogen (secondary N) is 1. The van der Waals surface area contributed by atoms with E-state index in [0.29, 0.717) is 5.69 Å². The topological polar surface area (TPSA) is 78.9 Å². The van der Waals surface area contributed by atoms with Crippen molar-refractivity contribution in [2.24, 2.45) is 0 Å². The molecule has 0 saturated carbocycles. The number of aromatic carboxylic acids is 1. The zero-order valence-electron chi connectivity index (χ0n) is 14.1. The molecule has 0 aliphatic carbocycles. The molecule has 0 radical (unpaired) electrons. The molecule has 132 valence electrons. The van der Waals surface area contributed by atoms with Crippen LogP contribution in [0.4, 0.5) is 4.39 Å². The van der Waals surface area contributed by atoms with E-state index in [1.165, 1.54) is 24.4 Å². The number of hydrogen-bond acceptors (Lipinski definition) is 3. The van der Waals surface area contributed by atoms with Crippen molar-refractivity contribution in [3.63, 3.8) is 0 Å². The second-order valence-electron chi connectivity index (χ2n) is 5.99. The van der Waals surface area contributed by atoms with Crippen molar-refractivity contribution in [2.75, 3.05) is 0 Å². The lowest BCUT2D eigenvalue weighted by atomic mass is 10.1. The fraction of sp³-hybridized carbons (Fsp3) is 0. The molecule has 0 fully saturated rings. The van der Waals surface area contributed by atoms with E-state index in [2.05, 4.69) is 15.2 Å². The number of carboxylic acids is 1. The standard InChI is InChI=1S/C21H14FN3O2/c22-16-6-3-14(4-7-16)20-18-11-13(2-10-19(18)24-25-20)1-8-17-9-5-15(12-23-17)21(26)27/h1-12H,(H,24,25)(H,26,27)/b8-1+. The second-order valence-corrected chi connectivity index (χ2v) is 5.99. The summed E-state index contributed by atoms with van der Waals surface area (Å²) >= 11 is 0. The molecule has 0 aliphatic rings. The van der Waals surface area contributed by atoms with Gasteiger partial charge in [0.15, 0.2) is 0 Å². The van der Waals surface area contributed by atoms with Crippen LogP contribution in [0, 0.1) is 5.82 Å². The number of aromatic nitrogens is 3. The number of carbonyl (C=O) groups is 1. The van der Waals surface area contributed by atoms with E-state index in [4.69, 9.17) is 5.11 Å². The van der Waals surface area contributed by atoms with Crippen molar-refractivity contribution in [3.8, 4) is 11.3 Å². The molecule has 0 atom stereocenters. The first-order valence-corrected chi connectivity index (χ1v) is 8.22. The Labute approximate surface area is 153 Å². The molecule has 2 N–H and O–H groups in total. The molecule has 0 aliphatic heterocycles. The molecule has 0 bridgehead atoms. The van der Waals surface area contributed by atoms with Crippen LogP contribution in [0.3, 0.4) is 0 Å². The molecule has 5 nitrogen and oxygen atoms in total. The molecule has 4 rings (SSSR count). The van der Waals surface area contributed by atoms with Gasteiger partial charge < -0.3 is 5.11 Å². The first kappa shape index (κ1) is 16.7. The molecule has 2 aromatic carbocycles. The maximum atomic E-state index is 13.2. The van der Waals surface area contributed by atoms with Gasteiger partial charge in [0.1, 0.15) is 5.82 Å². The van der Waals surface area contributed by atoms with E-state index in [0.717, 1.165) is 27.7 Å². The first-order chi connectivity index (χ1) is 13.1. The smallest absolute Gasteiger partial charge is 0.337 e. The van der Waals surface area contributed by atoms with E-state index in [1.807, 2.05) is 30.4 Å². The van der Waals surface area contributed by atoms with Gasteiger partial charge in [-0.1, -0.05) is 12.1 Å². The largest absolute Gasteiger partial charge is 0.478 e. The number of fused-ring (bicyclic) bond motifs is 1. The van der Waals surface area contributed by atoms with Crippen molar-refractivity contribution in [1.29, 1.82) is 0 Å². The number of rotatable bonds is 4. The zero-order valence-corrected chi connectivity index (χ0v) is 14.1. The van der Waals surface area contributed by atoms with Crippen LogP contribution in [0.15, 0.2) is 60.8 Å². The normalized spacial score (nSPS) is 11.3. The monoisotopic (exact) mass is 359 g/mol. The molecular formula is C21H14FN3O2. The predicted octanol–water partition coefficient (Wildman–Crippen LogP) is 4.63. The zero-order chi connectivity index (χ0) is 18.8. The van der Waals surface area contributed by atoms with E-state index in [1.54, 1.807) is 18.2 Å². The average molecular weight is 359 g/mol. The third-order valence-corrected chi connectivity index (χ3v) is 4.18. The van der Waals surface area contributed by atoms with Gasteiger partial charge >= 0.3 is 5.97 Å². The summed E-state index contributed by atoms with van der Waals surface area (Å²) in [6.45, 7) is 0. The molecule has 0 spiro atoms. The Balaban J connectivity index is 1.65. The Bertz CT molecular complexity index is 1150. The predicted molar refractivity (Wildman–Crippen MR) is 102 cm³/mol. The summed E-state index contributed by atoms with van der Waals surface area (Å²) in [6.07, 6.45) is 5.03.